The highest BCUT2D eigenvalue weighted by molar-refractivity contribution is 6.07. The second-order valence-corrected chi connectivity index (χ2v) is 4.62. The second-order valence-electron chi connectivity index (χ2n) is 4.62. The predicted molar refractivity (Wildman–Crippen MR) is 72.3 cm³/mol. The summed E-state index contributed by atoms with van der Waals surface area (Å²) in [7, 11) is 0. The second kappa shape index (κ2) is 4.22. The molecule has 0 radical (unpaired) electrons. The Kier molecular flexibility index (Phi) is 2.55. The Balaban J connectivity index is 1.87. The van der Waals surface area contributed by atoms with Crippen molar-refractivity contribution in [1.29, 1.82) is 0 Å². The average Bonchev–Trinajstić information content (AvgIpc) is 2.97. The zero-order valence-electron chi connectivity index (χ0n) is 9.94. The van der Waals surface area contributed by atoms with E-state index in [2.05, 4.69) is 22.5 Å². The normalized spacial score (nSPS) is 15.3. The first-order valence-corrected chi connectivity index (χ1v) is 6.06. The van der Waals surface area contributed by atoms with E-state index in [1.807, 2.05) is 18.2 Å². The lowest BCUT2D eigenvalue weighted by Crippen LogP contribution is -2.32. The van der Waals surface area contributed by atoms with E-state index in [1.165, 1.54) is 0 Å². The van der Waals surface area contributed by atoms with E-state index in [0.717, 1.165) is 23.7 Å². The van der Waals surface area contributed by atoms with Crippen molar-refractivity contribution in [2.45, 2.75) is 18.9 Å². The summed E-state index contributed by atoms with van der Waals surface area (Å²) in [6.07, 6.45) is 7.77. The summed E-state index contributed by atoms with van der Waals surface area (Å²) in [5.74, 6) is -0.0280. The van der Waals surface area contributed by atoms with E-state index < -0.39 is 0 Å². The van der Waals surface area contributed by atoms with Crippen LogP contribution in [0, 0.1) is 0 Å². The first-order chi connectivity index (χ1) is 8.74. The summed E-state index contributed by atoms with van der Waals surface area (Å²) >= 11 is 0. The molecule has 0 bridgehead atoms. The number of rotatable bonds is 2. The summed E-state index contributed by atoms with van der Waals surface area (Å²) in [6, 6.07) is 5.76. The number of carbonyl (C=O) groups is 1. The monoisotopic (exact) mass is 241 g/mol. The molecule has 1 aliphatic carbocycles. The zero-order chi connectivity index (χ0) is 12.5. The van der Waals surface area contributed by atoms with Crippen molar-refractivity contribution >= 4 is 22.5 Å². The third kappa shape index (κ3) is 1.86. The Morgan fingerprint density at radius 1 is 1.33 bits per heavy atom. The molecule has 1 aliphatic rings. The molecule has 0 fully saturated rings. The molecule has 3 rings (SSSR count). The number of anilines is 1. The topological polar surface area (TPSA) is 70.9 Å². The maximum atomic E-state index is 12.2. The molecular weight excluding hydrogens is 226 g/mol. The molecule has 0 unspecified atom stereocenters. The van der Waals surface area contributed by atoms with Gasteiger partial charge < -0.3 is 16.0 Å². The van der Waals surface area contributed by atoms with Gasteiger partial charge >= 0.3 is 0 Å². The van der Waals surface area contributed by atoms with E-state index in [-0.39, 0.29) is 11.9 Å². The average molecular weight is 241 g/mol. The van der Waals surface area contributed by atoms with Gasteiger partial charge in [0.2, 0.25) is 0 Å². The van der Waals surface area contributed by atoms with Gasteiger partial charge in [-0.25, -0.2) is 0 Å². The van der Waals surface area contributed by atoms with Gasteiger partial charge in [-0.1, -0.05) is 12.2 Å². The van der Waals surface area contributed by atoms with Crippen LogP contribution in [0.15, 0.2) is 36.5 Å². The molecule has 0 atom stereocenters. The van der Waals surface area contributed by atoms with Crippen LogP contribution in [-0.4, -0.2) is 16.9 Å². The number of nitrogens with one attached hydrogen (secondary N) is 2. The SMILES string of the molecule is Nc1ccc2c(C(=O)NC3CC=CC3)c[nH]c2c1. The minimum absolute atomic E-state index is 0.0280. The summed E-state index contributed by atoms with van der Waals surface area (Å²) in [6.45, 7) is 0. The van der Waals surface area contributed by atoms with Crippen LogP contribution in [0.3, 0.4) is 0 Å². The summed E-state index contributed by atoms with van der Waals surface area (Å²) < 4.78 is 0. The number of fused-ring (bicyclic) bond motifs is 1. The molecule has 4 N–H and O–H groups in total. The molecule has 1 amide bonds. The quantitative estimate of drug-likeness (QED) is 0.557. The molecule has 0 saturated heterocycles. The van der Waals surface area contributed by atoms with Gasteiger partial charge in [0.15, 0.2) is 0 Å². The fourth-order valence-electron chi connectivity index (χ4n) is 2.33. The van der Waals surface area contributed by atoms with Crippen molar-refractivity contribution < 1.29 is 4.79 Å². The standard InChI is InChI=1S/C14H15N3O/c15-9-5-6-11-12(8-16-13(11)7-9)14(18)17-10-3-1-2-4-10/h1-2,5-8,10,16H,3-4,15H2,(H,17,18). The van der Waals surface area contributed by atoms with Gasteiger partial charge in [0.25, 0.3) is 5.91 Å². The number of amides is 1. The zero-order valence-corrected chi connectivity index (χ0v) is 9.94. The van der Waals surface area contributed by atoms with Crippen molar-refractivity contribution in [3.05, 3.63) is 42.1 Å². The van der Waals surface area contributed by atoms with Gasteiger partial charge in [-0.15, -0.1) is 0 Å². The van der Waals surface area contributed by atoms with E-state index in [1.54, 1.807) is 6.20 Å². The number of benzene rings is 1. The summed E-state index contributed by atoms with van der Waals surface area (Å²) in [5.41, 5.74) is 7.97. The lowest BCUT2D eigenvalue weighted by atomic mass is 10.1. The third-order valence-corrected chi connectivity index (χ3v) is 3.29. The highest BCUT2D eigenvalue weighted by atomic mass is 16.1. The number of hydrogen-bond donors (Lipinski definition) is 3. The molecule has 1 aromatic carbocycles. The minimum atomic E-state index is -0.0280. The van der Waals surface area contributed by atoms with Gasteiger partial charge in [0.1, 0.15) is 0 Å². The number of H-pyrrole nitrogens is 1. The first kappa shape index (κ1) is 10.9. The highest BCUT2D eigenvalue weighted by Gasteiger charge is 2.17. The summed E-state index contributed by atoms with van der Waals surface area (Å²) in [5, 5.41) is 3.95. The van der Waals surface area contributed by atoms with Crippen molar-refractivity contribution in [3.63, 3.8) is 0 Å². The van der Waals surface area contributed by atoms with Crippen LogP contribution in [0.5, 0.6) is 0 Å². The van der Waals surface area contributed by atoms with E-state index >= 15 is 0 Å². The third-order valence-electron chi connectivity index (χ3n) is 3.29. The number of aromatic amines is 1. The molecule has 4 nitrogen and oxygen atoms in total. The number of carbonyl (C=O) groups excluding carboxylic acids is 1. The van der Waals surface area contributed by atoms with Gasteiger partial charge in [0, 0.05) is 28.8 Å². The van der Waals surface area contributed by atoms with Gasteiger partial charge in [-0.05, 0) is 31.0 Å². The molecular formula is C14H15N3O. The van der Waals surface area contributed by atoms with Gasteiger partial charge in [-0.3, -0.25) is 4.79 Å². The van der Waals surface area contributed by atoms with E-state index in [0.29, 0.717) is 11.3 Å². The maximum Gasteiger partial charge on any atom is 0.253 e. The molecule has 2 aromatic rings. The fourth-order valence-corrected chi connectivity index (χ4v) is 2.33. The van der Waals surface area contributed by atoms with E-state index in [4.69, 9.17) is 5.73 Å². The van der Waals surface area contributed by atoms with E-state index in [9.17, 15) is 4.79 Å². The van der Waals surface area contributed by atoms with Crippen LogP contribution < -0.4 is 11.1 Å². The molecule has 0 spiro atoms. The van der Waals surface area contributed by atoms with Crippen LogP contribution in [0.2, 0.25) is 0 Å². The Morgan fingerprint density at radius 2 is 2.11 bits per heavy atom. The van der Waals surface area contributed by atoms with Crippen molar-refractivity contribution in [1.82, 2.24) is 10.3 Å². The predicted octanol–water partition coefficient (Wildman–Crippen LogP) is 2.20. The molecule has 0 aliphatic heterocycles. The van der Waals surface area contributed by atoms with Crippen molar-refractivity contribution in [2.24, 2.45) is 0 Å². The molecule has 1 aromatic heterocycles. The number of aromatic nitrogens is 1. The number of nitrogens with two attached hydrogens (primary N) is 1. The van der Waals surface area contributed by atoms with Crippen LogP contribution in [0.4, 0.5) is 5.69 Å². The smallest absolute Gasteiger partial charge is 0.253 e. The maximum absolute atomic E-state index is 12.2. The summed E-state index contributed by atoms with van der Waals surface area (Å²) in [4.78, 5) is 15.2. The Hall–Kier alpha value is -2.23. The molecule has 0 saturated carbocycles. The van der Waals surface area contributed by atoms with Gasteiger partial charge in [0.05, 0.1) is 5.56 Å². The van der Waals surface area contributed by atoms with Crippen molar-refractivity contribution in [2.75, 3.05) is 5.73 Å². The lowest BCUT2D eigenvalue weighted by molar-refractivity contribution is 0.0940. The highest BCUT2D eigenvalue weighted by Crippen LogP contribution is 2.21. The van der Waals surface area contributed by atoms with Crippen LogP contribution in [0.25, 0.3) is 10.9 Å². The number of hydrogen-bond acceptors (Lipinski definition) is 2. The fraction of sp³-hybridized carbons (Fsp3) is 0.214. The van der Waals surface area contributed by atoms with Crippen LogP contribution >= 0.6 is 0 Å². The molecule has 18 heavy (non-hydrogen) atoms. The minimum Gasteiger partial charge on any atom is -0.399 e. The number of nitrogen functional groups attached to an aromatic ring is 1. The molecule has 1 heterocycles. The largest absolute Gasteiger partial charge is 0.399 e. The molecule has 4 heteroatoms. The van der Waals surface area contributed by atoms with Crippen LogP contribution in [0.1, 0.15) is 23.2 Å². The Bertz CT molecular complexity index is 619. The Morgan fingerprint density at radius 3 is 2.89 bits per heavy atom. The first-order valence-electron chi connectivity index (χ1n) is 6.06. The Labute approximate surface area is 105 Å². The van der Waals surface area contributed by atoms with Crippen LogP contribution in [-0.2, 0) is 0 Å². The van der Waals surface area contributed by atoms with Gasteiger partial charge in [-0.2, -0.15) is 0 Å². The lowest BCUT2D eigenvalue weighted by Gasteiger charge is -2.11. The molecule has 92 valence electrons. The van der Waals surface area contributed by atoms with Crippen molar-refractivity contribution in [3.8, 4) is 0 Å².